The first-order valence-corrected chi connectivity index (χ1v) is 9.54. The first-order chi connectivity index (χ1) is 13.6. The summed E-state index contributed by atoms with van der Waals surface area (Å²) in [6.07, 6.45) is 2.37. The Kier molecular flexibility index (Phi) is 6.57. The van der Waals surface area contributed by atoms with E-state index in [-0.39, 0.29) is 5.91 Å². The van der Waals surface area contributed by atoms with E-state index in [4.69, 9.17) is 9.15 Å². The number of nitrogens with one attached hydrogen (secondary N) is 1. The molecule has 0 spiro atoms. The fourth-order valence-electron chi connectivity index (χ4n) is 3.42. The Hall–Kier alpha value is -2.96. The summed E-state index contributed by atoms with van der Waals surface area (Å²) in [5, 5.41) is 3.43. The molecule has 1 aliphatic heterocycles. The molecule has 28 heavy (non-hydrogen) atoms. The van der Waals surface area contributed by atoms with Crippen LogP contribution in [0.2, 0.25) is 0 Å². The topological polar surface area (TPSA) is 70.3 Å². The van der Waals surface area contributed by atoms with Crippen molar-refractivity contribution in [2.75, 3.05) is 46.9 Å². The molecule has 1 saturated heterocycles. The monoisotopic (exact) mass is 384 g/mol. The number of nitrogens with zero attached hydrogens (tertiary/aromatic N) is 3. The molecule has 2 aromatic rings. The zero-order valence-corrected chi connectivity index (χ0v) is 16.8. The zero-order chi connectivity index (χ0) is 19.9. The second-order valence-electron chi connectivity index (χ2n) is 6.80. The summed E-state index contributed by atoms with van der Waals surface area (Å²) in [6, 6.07) is 9.66. The highest BCUT2D eigenvalue weighted by Crippen LogP contribution is 2.19. The third-order valence-electron chi connectivity index (χ3n) is 4.92. The van der Waals surface area contributed by atoms with Crippen molar-refractivity contribution >= 4 is 11.9 Å². The van der Waals surface area contributed by atoms with Gasteiger partial charge in [0.15, 0.2) is 11.7 Å². The molecule has 1 fully saturated rings. The summed E-state index contributed by atoms with van der Waals surface area (Å²) in [6.45, 7) is 5.61. The van der Waals surface area contributed by atoms with Crippen molar-refractivity contribution in [1.29, 1.82) is 0 Å². The number of guanidine groups is 1. The van der Waals surface area contributed by atoms with Crippen molar-refractivity contribution < 1.29 is 13.9 Å². The molecule has 2 heterocycles. The van der Waals surface area contributed by atoms with Gasteiger partial charge in [-0.25, -0.2) is 0 Å². The molecule has 1 aromatic heterocycles. The van der Waals surface area contributed by atoms with E-state index in [1.807, 2.05) is 11.0 Å². The summed E-state index contributed by atoms with van der Waals surface area (Å²) >= 11 is 0. The van der Waals surface area contributed by atoms with E-state index in [9.17, 15) is 4.79 Å². The maximum Gasteiger partial charge on any atom is 0.289 e. The van der Waals surface area contributed by atoms with Crippen LogP contribution in [0.15, 0.2) is 46.0 Å². The van der Waals surface area contributed by atoms with Gasteiger partial charge in [0.25, 0.3) is 5.91 Å². The second-order valence-corrected chi connectivity index (χ2v) is 6.80. The maximum atomic E-state index is 12.4. The largest absolute Gasteiger partial charge is 0.496 e. The number of hydrogen-bond donors (Lipinski definition) is 1. The Morgan fingerprint density at radius 1 is 1.21 bits per heavy atom. The van der Waals surface area contributed by atoms with Crippen molar-refractivity contribution in [3.63, 3.8) is 0 Å². The lowest BCUT2D eigenvalue weighted by Crippen LogP contribution is -2.54. The summed E-state index contributed by atoms with van der Waals surface area (Å²) in [4.78, 5) is 20.8. The Balaban J connectivity index is 1.50. The third kappa shape index (κ3) is 4.65. The highest BCUT2D eigenvalue weighted by Gasteiger charge is 2.25. The van der Waals surface area contributed by atoms with Gasteiger partial charge >= 0.3 is 0 Å². The van der Waals surface area contributed by atoms with E-state index in [2.05, 4.69) is 34.3 Å². The van der Waals surface area contributed by atoms with Crippen LogP contribution in [-0.2, 0) is 6.42 Å². The lowest BCUT2D eigenvalue weighted by atomic mass is 10.1. The van der Waals surface area contributed by atoms with E-state index < -0.39 is 0 Å². The van der Waals surface area contributed by atoms with Crippen molar-refractivity contribution in [3.8, 4) is 5.75 Å². The minimum Gasteiger partial charge on any atom is -0.496 e. The lowest BCUT2D eigenvalue weighted by molar-refractivity contribution is 0.0658. The Labute approximate surface area is 166 Å². The fraction of sp³-hybridized carbons (Fsp3) is 0.429. The molecule has 1 N–H and O–H groups in total. The van der Waals surface area contributed by atoms with Crippen molar-refractivity contribution in [1.82, 2.24) is 15.1 Å². The van der Waals surface area contributed by atoms with E-state index in [0.29, 0.717) is 18.8 Å². The smallest absolute Gasteiger partial charge is 0.289 e. The molecular formula is C21H28N4O3. The van der Waals surface area contributed by atoms with E-state index >= 15 is 0 Å². The van der Waals surface area contributed by atoms with Gasteiger partial charge in [0.05, 0.1) is 13.4 Å². The maximum absolute atomic E-state index is 12.4. The van der Waals surface area contributed by atoms with Gasteiger partial charge in [-0.15, -0.1) is 0 Å². The molecule has 7 heteroatoms. The van der Waals surface area contributed by atoms with Gasteiger partial charge in [0, 0.05) is 39.8 Å². The number of furan rings is 1. The van der Waals surface area contributed by atoms with Crippen LogP contribution in [-0.4, -0.2) is 68.5 Å². The molecule has 0 unspecified atom stereocenters. The van der Waals surface area contributed by atoms with E-state index in [1.165, 1.54) is 17.4 Å². The van der Waals surface area contributed by atoms with Crippen LogP contribution in [0.3, 0.4) is 0 Å². The average Bonchev–Trinajstić information content (AvgIpc) is 3.26. The van der Waals surface area contributed by atoms with Crippen LogP contribution in [0.4, 0.5) is 0 Å². The minimum atomic E-state index is -0.0564. The lowest BCUT2D eigenvalue weighted by Gasteiger charge is -2.36. The molecule has 1 aromatic carbocycles. The Bertz CT molecular complexity index is 809. The van der Waals surface area contributed by atoms with Crippen molar-refractivity contribution in [2.24, 2.45) is 4.99 Å². The Morgan fingerprint density at radius 2 is 1.96 bits per heavy atom. The van der Waals surface area contributed by atoms with Gasteiger partial charge in [0.1, 0.15) is 5.75 Å². The molecule has 0 radical (unpaired) electrons. The Morgan fingerprint density at radius 3 is 2.61 bits per heavy atom. The molecule has 3 rings (SSSR count). The molecule has 1 amide bonds. The zero-order valence-electron chi connectivity index (χ0n) is 16.8. The highest BCUT2D eigenvalue weighted by atomic mass is 16.5. The molecule has 150 valence electrons. The van der Waals surface area contributed by atoms with Gasteiger partial charge < -0.3 is 24.3 Å². The number of carbonyl (C=O) groups excluding carboxylic acids is 1. The van der Waals surface area contributed by atoms with Crippen LogP contribution in [0.1, 0.15) is 21.7 Å². The summed E-state index contributed by atoms with van der Waals surface area (Å²) in [5.41, 5.74) is 2.40. The van der Waals surface area contributed by atoms with Gasteiger partial charge in [-0.05, 0) is 37.1 Å². The van der Waals surface area contributed by atoms with E-state index in [1.54, 1.807) is 26.3 Å². The number of benzene rings is 1. The number of hydrogen-bond acceptors (Lipinski definition) is 4. The standard InChI is InChI=1S/C21H28N4O3/c1-16-6-7-18(27-3)17(15-16)8-9-23-21(22-2)25-12-10-24(11-13-25)20(26)19-5-4-14-28-19/h4-7,14-15H,8-13H2,1-3H3,(H,22,23). The van der Waals surface area contributed by atoms with Gasteiger partial charge in [-0.2, -0.15) is 0 Å². The van der Waals surface area contributed by atoms with Crippen LogP contribution in [0.5, 0.6) is 5.75 Å². The van der Waals surface area contributed by atoms with Crippen molar-refractivity contribution in [3.05, 3.63) is 53.5 Å². The second kappa shape index (κ2) is 9.30. The number of piperazine rings is 1. The van der Waals surface area contributed by atoms with Crippen LogP contribution in [0, 0.1) is 6.92 Å². The fourth-order valence-corrected chi connectivity index (χ4v) is 3.42. The van der Waals surface area contributed by atoms with Gasteiger partial charge in [-0.1, -0.05) is 17.7 Å². The number of methoxy groups -OCH3 is 1. The molecule has 0 saturated carbocycles. The van der Waals surface area contributed by atoms with Crippen LogP contribution >= 0.6 is 0 Å². The minimum absolute atomic E-state index is 0.0564. The van der Waals surface area contributed by atoms with Gasteiger partial charge in [-0.3, -0.25) is 9.79 Å². The first-order valence-electron chi connectivity index (χ1n) is 9.54. The normalized spacial score (nSPS) is 14.9. The van der Waals surface area contributed by atoms with Crippen molar-refractivity contribution in [2.45, 2.75) is 13.3 Å². The highest BCUT2D eigenvalue weighted by molar-refractivity contribution is 5.91. The SMILES string of the molecule is CN=C(NCCc1cc(C)ccc1OC)N1CCN(C(=O)c2ccco2)CC1. The summed E-state index contributed by atoms with van der Waals surface area (Å²) in [7, 11) is 3.49. The average molecular weight is 384 g/mol. The number of aliphatic imine (C=N–C) groups is 1. The summed E-state index contributed by atoms with van der Waals surface area (Å²) in [5.74, 6) is 2.10. The third-order valence-corrected chi connectivity index (χ3v) is 4.92. The number of ether oxygens (including phenoxy) is 1. The summed E-state index contributed by atoms with van der Waals surface area (Å²) < 4.78 is 10.7. The number of rotatable bonds is 5. The number of aryl methyl sites for hydroxylation is 1. The number of carbonyl (C=O) groups is 1. The van der Waals surface area contributed by atoms with E-state index in [0.717, 1.165) is 37.8 Å². The predicted molar refractivity (Wildman–Crippen MR) is 109 cm³/mol. The molecule has 7 nitrogen and oxygen atoms in total. The molecular weight excluding hydrogens is 356 g/mol. The quantitative estimate of drug-likeness (QED) is 0.632. The van der Waals surface area contributed by atoms with Gasteiger partial charge in [0.2, 0.25) is 0 Å². The molecule has 0 aliphatic carbocycles. The molecule has 1 aliphatic rings. The first kappa shape index (κ1) is 19.8. The van der Waals surface area contributed by atoms with Crippen LogP contribution < -0.4 is 10.1 Å². The number of amides is 1. The van der Waals surface area contributed by atoms with Crippen LogP contribution in [0.25, 0.3) is 0 Å². The molecule has 0 bridgehead atoms. The predicted octanol–water partition coefficient (Wildman–Crippen LogP) is 2.17. The molecule has 0 atom stereocenters.